The molecule has 2 N–H and O–H groups in total. The van der Waals surface area contributed by atoms with Gasteiger partial charge in [0.05, 0.1) is 6.04 Å². The van der Waals surface area contributed by atoms with E-state index in [1.54, 1.807) is 0 Å². The maximum atomic E-state index is 6.31. The molecule has 0 fully saturated rings. The predicted octanol–water partition coefficient (Wildman–Crippen LogP) is 3.89. The minimum atomic E-state index is -0.0594. The van der Waals surface area contributed by atoms with Gasteiger partial charge in [-0.1, -0.05) is 66.7 Å². The molecule has 1 nitrogen and oxygen atoms in total. The van der Waals surface area contributed by atoms with E-state index in [4.69, 9.17) is 5.73 Å². The highest BCUT2D eigenvalue weighted by atomic mass is 14.6. The summed E-state index contributed by atoms with van der Waals surface area (Å²) in [6, 6.07) is 24.9. The van der Waals surface area contributed by atoms with E-state index < -0.39 is 0 Å². The Morgan fingerprint density at radius 1 is 0.611 bits per heavy atom. The molecule has 3 aromatic rings. The van der Waals surface area contributed by atoms with Gasteiger partial charge in [0, 0.05) is 0 Å². The first-order valence-electron chi connectivity index (χ1n) is 6.14. The second-order valence-electron chi connectivity index (χ2n) is 4.49. The van der Waals surface area contributed by atoms with Crippen molar-refractivity contribution in [3.63, 3.8) is 0 Å². The highest BCUT2D eigenvalue weighted by Crippen LogP contribution is 2.23. The van der Waals surface area contributed by atoms with Crippen molar-refractivity contribution >= 4 is 10.8 Å². The molecule has 0 bridgehead atoms. The van der Waals surface area contributed by atoms with Crippen LogP contribution in [0.5, 0.6) is 0 Å². The van der Waals surface area contributed by atoms with Gasteiger partial charge in [-0.3, -0.25) is 0 Å². The second kappa shape index (κ2) is 4.63. The van der Waals surface area contributed by atoms with E-state index in [2.05, 4.69) is 54.6 Å². The number of nitrogens with two attached hydrogens (primary N) is 1. The Kier molecular flexibility index (Phi) is 2.83. The van der Waals surface area contributed by atoms with E-state index in [1.807, 2.05) is 18.2 Å². The van der Waals surface area contributed by atoms with Crippen molar-refractivity contribution in [1.29, 1.82) is 0 Å². The third-order valence-corrected chi connectivity index (χ3v) is 3.29. The molecule has 88 valence electrons. The second-order valence-corrected chi connectivity index (χ2v) is 4.49. The summed E-state index contributed by atoms with van der Waals surface area (Å²) in [5.74, 6) is 0. The fraction of sp³-hybridized carbons (Fsp3) is 0.0588. The van der Waals surface area contributed by atoms with Crippen LogP contribution in [0.4, 0.5) is 0 Å². The molecular weight excluding hydrogens is 218 g/mol. The third-order valence-electron chi connectivity index (χ3n) is 3.29. The number of fused-ring (bicyclic) bond motifs is 1. The van der Waals surface area contributed by atoms with Gasteiger partial charge < -0.3 is 5.73 Å². The highest BCUT2D eigenvalue weighted by Gasteiger charge is 2.08. The first kappa shape index (κ1) is 11.0. The first-order valence-corrected chi connectivity index (χ1v) is 6.14. The minimum Gasteiger partial charge on any atom is -0.320 e. The Morgan fingerprint density at radius 2 is 1.28 bits per heavy atom. The Balaban J connectivity index is 2.04. The molecule has 1 atom stereocenters. The Labute approximate surface area is 107 Å². The monoisotopic (exact) mass is 233 g/mol. The summed E-state index contributed by atoms with van der Waals surface area (Å²) < 4.78 is 0. The van der Waals surface area contributed by atoms with Crippen LogP contribution in [-0.4, -0.2) is 0 Å². The fourth-order valence-electron chi connectivity index (χ4n) is 2.25. The SMILES string of the molecule is NC(c1ccccc1)c1ccc2ccccc2c1. The Morgan fingerprint density at radius 3 is 2.06 bits per heavy atom. The minimum absolute atomic E-state index is 0.0594. The zero-order valence-corrected chi connectivity index (χ0v) is 10.1. The molecule has 0 spiro atoms. The molecule has 0 amide bonds. The molecule has 0 heterocycles. The van der Waals surface area contributed by atoms with E-state index in [0.717, 1.165) is 11.1 Å². The number of hydrogen-bond acceptors (Lipinski definition) is 1. The highest BCUT2D eigenvalue weighted by molar-refractivity contribution is 5.83. The zero-order chi connectivity index (χ0) is 12.4. The molecule has 0 saturated heterocycles. The van der Waals surface area contributed by atoms with E-state index in [1.165, 1.54) is 10.8 Å². The summed E-state index contributed by atoms with van der Waals surface area (Å²) in [6.45, 7) is 0. The van der Waals surface area contributed by atoms with Gasteiger partial charge in [-0.15, -0.1) is 0 Å². The van der Waals surface area contributed by atoms with E-state index in [0.29, 0.717) is 0 Å². The van der Waals surface area contributed by atoms with Gasteiger partial charge in [0.2, 0.25) is 0 Å². The average molecular weight is 233 g/mol. The van der Waals surface area contributed by atoms with Crippen LogP contribution < -0.4 is 5.73 Å². The van der Waals surface area contributed by atoms with E-state index in [-0.39, 0.29) is 6.04 Å². The quantitative estimate of drug-likeness (QED) is 0.714. The normalized spacial score (nSPS) is 12.5. The van der Waals surface area contributed by atoms with Crippen molar-refractivity contribution in [3.8, 4) is 0 Å². The van der Waals surface area contributed by atoms with Gasteiger partial charge in [0.1, 0.15) is 0 Å². The molecule has 0 aliphatic carbocycles. The summed E-state index contributed by atoms with van der Waals surface area (Å²) in [7, 11) is 0. The molecule has 3 rings (SSSR count). The van der Waals surface area contributed by atoms with Crippen LogP contribution in [0.3, 0.4) is 0 Å². The van der Waals surface area contributed by atoms with Crippen LogP contribution >= 0.6 is 0 Å². The molecule has 0 radical (unpaired) electrons. The van der Waals surface area contributed by atoms with Crippen LogP contribution in [0.15, 0.2) is 72.8 Å². The number of benzene rings is 3. The average Bonchev–Trinajstić information content (AvgIpc) is 2.47. The zero-order valence-electron chi connectivity index (χ0n) is 10.1. The van der Waals surface area contributed by atoms with Gasteiger partial charge in [-0.05, 0) is 28.0 Å². The molecule has 0 aliphatic heterocycles. The molecule has 0 saturated carbocycles. The lowest BCUT2D eigenvalue weighted by molar-refractivity contribution is 0.873. The van der Waals surface area contributed by atoms with Crippen molar-refractivity contribution in [2.45, 2.75) is 6.04 Å². The predicted molar refractivity (Wildman–Crippen MR) is 76.4 cm³/mol. The molecule has 0 aromatic heterocycles. The molecule has 1 unspecified atom stereocenters. The standard InChI is InChI=1S/C17H15N/c18-17(14-7-2-1-3-8-14)16-11-10-13-6-4-5-9-15(13)12-16/h1-12,17H,18H2. The molecular formula is C17H15N. The van der Waals surface area contributed by atoms with Crippen molar-refractivity contribution in [3.05, 3.63) is 83.9 Å². The van der Waals surface area contributed by atoms with Crippen molar-refractivity contribution < 1.29 is 0 Å². The van der Waals surface area contributed by atoms with Gasteiger partial charge >= 0.3 is 0 Å². The van der Waals surface area contributed by atoms with E-state index >= 15 is 0 Å². The Hall–Kier alpha value is -2.12. The molecule has 1 heteroatoms. The van der Waals surface area contributed by atoms with Crippen LogP contribution in [-0.2, 0) is 0 Å². The lowest BCUT2D eigenvalue weighted by Gasteiger charge is -2.13. The van der Waals surface area contributed by atoms with Gasteiger partial charge in [-0.25, -0.2) is 0 Å². The number of hydrogen-bond donors (Lipinski definition) is 1. The Bertz CT molecular complexity index is 659. The van der Waals surface area contributed by atoms with Crippen LogP contribution in [0.25, 0.3) is 10.8 Å². The molecule has 18 heavy (non-hydrogen) atoms. The van der Waals surface area contributed by atoms with E-state index in [9.17, 15) is 0 Å². The smallest absolute Gasteiger partial charge is 0.0551 e. The lowest BCUT2D eigenvalue weighted by atomic mass is 9.97. The van der Waals surface area contributed by atoms with Crippen molar-refractivity contribution in [2.75, 3.05) is 0 Å². The van der Waals surface area contributed by atoms with Gasteiger partial charge in [0.15, 0.2) is 0 Å². The fourth-order valence-corrected chi connectivity index (χ4v) is 2.25. The molecule has 3 aromatic carbocycles. The van der Waals surface area contributed by atoms with Crippen LogP contribution in [0.1, 0.15) is 17.2 Å². The molecule has 0 aliphatic rings. The van der Waals surface area contributed by atoms with Crippen molar-refractivity contribution in [2.24, 2.45) is 5.73 Å². The van der Waals surface area contributed by atoms with Crippen LogP contribution in [0.2, 0.25) is 0 Å². The van der Waals surface area contributed by atoms with Crippen molar-refractivity contribution in [1.82, 2.24) is 0 Å². The third kappa shape index (κ3) is 2.01. The summed E-state index contributed by atoms with van der Waals surface area (Å²) in [6.07, 6.45) is 0. The summed E-state index contributed by atoms with van der Waals surface area (Å²) in [4.78, 5) is 0. The maximum Gasteiger partial charge on any atom is 0.0551 e. The lowest BCUT2D eigenvalue weighted by Crippen LogP contribution is -2.11. The largest absolute Gasteiger partial charge is 0.320 e. The first-order chi connectivity index (χ1) is 8.84. The summed E-state index contributed by atoms with van der Waals surface area (Å²) in [5, 5.41) is 2.49. The van der Waals surface area contributed by atoms with Gasteiger partial charge in [-0.2, -0.15) is 0 Å². The maximum absolute atomic E-state index is 6.31. The van der Waals surface area contributed by atoms with Gasteiger partial charge in [0.25, 0.3) is 0 Å². The number of rotatable bonds is 2. The summed E-state index contributed by atoms with van der Waals surface area (Å²) in [5.41, 5.74) is 8.61. The van der Waals surface area contributed by atoms with Crippen LogP contribution in [0, 0.1) is 0 Å². The topological polar surface area (TPSA) is 26.0 Å². The summed E-state index contributed by atoms with van der Waals surface area (Å²) >= 11 is 0.